The SMILES string of the molecule is N#Cc1ccc(OCCCN2CCC3C(C2)c2cccc4c2N3CC(=O)N4)cc1. The number of likely N-dealkylation sites (tertiary alicyclic amines) is 1. The second-order valence-corrected chi connectivity index (χ2v) is 8.02. The van der Waals surface area contributed by atoms with Crippen molar-refractivity contribution in [3.63, 3.8) is 0 Å². The third kappa shape index (κ3) is 3.32. The first-order valence-corrected chi connectivity index (χ1v) is 10.3. The van der Waals surface area contributed by atoms with Gasteiger partial charge in [-0.2, -0.15) is 5.26 Å². The standard InChI is InChI=1S/C23H24N4O2/c24-13-16-5-7-17(8-6-16)29-12-2-10-26-11-9-21-19(14-26)18-3-1-4-20-23(18)27(21)15-22(28)25-20/h1,3-8,19,21H,2,9-12,14-15H2,(H,25,28). The normalized spacial score (nSPS) is 22.4. The number of anilines is 2. The van der Waals surface area contributed by atoms with E-state index in [1.807, 2.05) is 18.2 Å². The van der Waals surface area contributed by atoms with Gasteiger partial charge in [0.2, 0.25) is 5.91 Å². The second-order valence-electron chi connectivity index (χ2n) is 8.02. The Morgan fingerprint density at radius 2 is 2.07 bits per heavy atom. The van der Waals surface area contributed by atoms with Crippen molar-refractivity contribution in [3.05, 3.63) is 53.6 Å². The predicted octanol–water partition coefficient (Wildman–Crippen LogP) is 2.96. The molecule has 0 saturated carbocycles. The highest BCUT2D eigenvalue weighted by Gasteiger charge is 2.44. The van der Waals surface area contributed by atoms with E-state index in [4.69, 9.17) is 10.00 Å². The summed E-state index contributed by atoms with van der Waals surface area (Å²) in [5.41, 5.74) is 4.24. The van der Waals surface area contributed by atoms with Crippen molar-refractivity contribution in [3.8, 4) is 11.8 Å². The van der Waals surface area contributed by atoms with Crippen LogP contribution >= 0.6 is 0 Å². The Balaban J connectivity index is 1.18. The van der Waals surface area contributed by atoms with E-state index < -0.39 is 0 Å². The third-order valence-electron chi connectivity index (χ3n) is 6.27. The van der Waals surface area contributed by atoms with Gasteiger partial charge < -0.3 is 19.9 Å². The lowest BCUT2D eigenvalue weighted by Crippen LogP contribution is -2.49. The molecule has 0 aromatic heterocycles. The summed E-state index contributed by atoms with van der Waals surface area (Å²) in [7, 11) is 0. The number of carbonyl (C=O) groups excluding carboxylic acids is 1. The average Bonchev–Trinajstić information content (AvgIpc) is 3.06. The molecular weight excluding hydrogens is 364 g/mol. The first-order chi connectivity index (χ1) is 14.2. The van der Waals surface area contributed by atoms with Crippen molar-refractivity contribution < 1.29 is 9.53 Å². The third-order valence-corrected chi connectivity index (χ3v) is 6.27. The number of hydrogen-bond donors (Lipinski definition) is 1. The second kappa shape index (κ2) is 7.41. The van der Waals surface area contributed by atoms with Gasteiger partial charge in [0.1, 0.15) is 5.75 Å². The predicted molar refractivity (Wildman–Crippen MR) is 111 cm³/mol. The lowest BCUT2D eigenvalue weighted by atomic mass is 9.89. The Bertz CT molecular complexity index is 966. The van der Waals surface area contributed by atoms with E-state index in [2.05, 4.69) is 33.3 Å². The van der Waals surface area contributed by atoms with E-state index in [1.165, 1.54) is 11.3 Å². The summed E-state index contributed by atoms with van der Waals surface area (Å²) in [6.45, 7) is 4.24. The van der Waals surface area contributed by atoms with Gasteiger partial charge in [0.05, 0.1) is 36.2 Å². The summed E-state index contributed by atoms with van der Waals surface area (Å²) in [6, 6.07) is 16.1. The number of hydrogen-bond acceptors (Lipinski definition) is 5. The number of nitrogens with zero attached hydrogens (tertiary/aromatic N) is 3. The van der Waals surface area contributed by atoms with Gasteiger partial charge in [-0.15, -0.1) is 0 Å². The Morgan fingerprint density at radius 3 is 2.90 bits per heavy atom. The fourth-order valence-electron chi connectivity index (χ4n) is 4.98. The summed E-state index contributed by atoms with van der Waals surface area (Å²) in [5, 5.41) is 11.9. The molecule has 1 amide bonds. The molecule has 2 aromatic carbocycles. The lowest BCUT2D eigenvalue weighted by molar-refractivity contribution is -0.115. The molecule has 1 N–H and O–H groups in total. The first-order valence-electron chi connectivity index (χ1n) is 10.3. The molecule has 3 heterocycles. The van der Waals surface area contributed by atoms with Gasteiger partial charge in [-0.25, -0.2) is 0 Å². The molecule has 0 aliphatic carbocycles. The summed E-state index contributed by atoms with van der Waals surface area (Å²) in [6.07, 6.45) is 2.05. The minimum absolute atomic E-state index is 0.0951. The number of nitriles is 1. The Kier molecular flexibility index (Phi) is 4.61. The Labute approximate surface area is 170 Å². The van der Waals surface area contributed by atoms with Crippen LogP contribution in [0.2, 0.25) is 0 Å². The number of amides is 1. The molecule has 2 unspecified atom stereocenters. The van der Waals surface area contributed by atoms with E-state index in [9.17, 15) is 4.79 Å². The van der Waals surface area contributed by atoms with E-state index in [-0.39, 0.29) is 5.91 Å². The number of benzene rings is 2. The number of piperidine rings is 1. The highest BCUT2D eigenvalue weighted by atomic mass is 16.5. The maximum Gasteiger partial charge on any atom is 0.243 e. The molecule has 1 saturated heterocycles. The molecule has 0 bridgehead atoms. The molecule has 3 aliphatic heterocycles. The van der Waals surface area contributed by atoms with Crippen molar-refractivity contribution in [2.45, 2.75) is 24.8 Å². The summed E-state index contributed by atoms with van der Waals surface area (Å²) >= 11 is 0. The van der Waals surface area contributed by atoms with Gasteiger partial charge in [0.15, 0.2) is 0 Å². The Hall–Kier alpha value is -3.04. The number of rotatable bonds is 5. The minimum atomic E-state index is 0.0951. The average molecular weight is 388 g/mol. The molecule has 2 aromatic rings. The molecule has 0 spiro atoms. The maximum atomic E-state index is 12.1. The molecule has 5 rings (SSSR count). The number of nitrogens with one attached hydrogen (secondary N) is 1. The zero-order valence-corrected chi connectivity index (χ0v) is 16.3. The van der Waals surface area contributed by atoms with E-state index in [0.717, 1.165) is 43.9 Å². The van der Waals surface area contributed by atoms with Crippen LogP contribution in [0.25, 0.3) is 0 Å². The first kappa shape index (κ1) is 18.0. The van der Waals surface area contributed by atoms with Gasteiger partial charge in [-0.1, -0.05) is 12.1 Å². The van der Waals surface area contributed by atoms with Crippen LogP contribution in [0.5, 0.6) is 5.75 Å². The zero-order chi connectivity index (χ0) is 19.8. The number of carbonyl (C=O) groups is 1. The quantitative estimate of drug-likeness (QED) is 0.798. The largest absolute Gasteiger partial charge is 0.494 e. The van der Waals surface area contributed by atoms with E-state index >= 15 is 0 Å². The molecule has 6 nitrogen and oxygen atoms in total. The number of para-hydroxylation sites is 1. The van der Waals surface area contributed by atoms with Crippen molar-refractivity contribution in [2.24, 2.45) is 0 Å². The summed E-state index contributed by atoms with van der Waals surface area (Å²) in [5.74, 6) is 1.37. The summed E-state index contributed by atoms with van der Waals surface area (Å²) in [4.78, 5) is 16.9. The molecule has 148 valence electrons. The molecule has 6 heteroatoms. The van der Waals surface area contributed by atoms with Gasteiger partial charge in [0, 0.05) is 31.6 Å². The van der Waals surface area contributed by atoms with Crippen LogP contribution in [-0.2, 0) is 4.79 Å². The lowest BCUT2D eigenvalue weighted by Gasteiger charge is -2.39. The molecule has 1 fully saturated rings. The van der Waals surface area contributed by atoms with Crippen LogP contribution in [-0.4, -0.2) is 49.6 Å². The van der Waals surface area contributed by atoms with Crippen LogP contribution in [0.3, 0.4) is 0 Å². The summed E-state index contributed by atoms with van der Waals surface area (Å²) < 4.78 is 5.82. The van der Waals surface area contributed by atoms with Crippen LogP contribution in [0.4, 0.5) is 11.4 Å². The van der Waals surface area contributed by atoms with Crippen molar-refractivity contribution in [2.75, 3.05) is 43.0 Å². The number of ether oxygens (including phenoxy) is 1. The highest BCUT2D eigenvalue weighted by molar-refractivity contribution is 6.03. The smallest absolute Gasteiger partial charge is 0.243 e. The van der Waals surface area contributed by atoms with Gasteiger partial charge >= 0.3 is 0 Å². The van der Waals surface area contributed by atoms with E-state index in [1.54, 1.807) is 12.1 Å². The van der Waals surface area contributed by atoms with Gasteiger partial charge in [0.25, 0.3) is 0 Å². The monoisotopic (exact) mass is 388 g/mol. The fraction of sp³-hybridized carbons (Fsp3) is 0.391. The minimum Gasteiger partial charge on any atom is -0.494 e. The van der Waals surface area contributed by atoms with E-state index in [0.29, 0.717) is 30.7 Å². The molecule has 0 radical (unpaired) electrons. The van der Waals surface area contributed by atoms with Crippen molar-refractivity contribution >= 4 is 17.3 Å². The molecule has 3 aliphatic rings. The van der Waals surface area contributed by atoms with Crippen LogP contribution in [0.15, 0.2) is 42.5 Å². The molecule has 2 atom stereocenters. The van der Waals surface area contributed by atoms with Crippen LogP contribution < -0.4 is 15.0 Å². The van der Waals surface area contributed by atoms with Crippen molar-refractivity contribution in [1.29, 1.82) is 5.26 Å². The highest BCUT2D eigenvalue weighted by Crippen LogP contribution is 2.49. The molecule has 29 heavy (non-hydrogen) atoms. The van der Waals surface area contributed by atoms with Crippen LogP contribution in [0, 0.1) is 11.3 Å². The van der Waals surface area contributed by atoms with Crippen molar-refractivity contribution in [1.82, 2.24) is 4.90 Å². The Morgan fingerprint density at radius 1 is 1.21 bits per heavy atom. The maximum absolute atomic E-state index is 12.1. The zero-order valence-electron chi connectivity index (χ0n) is 16.3. The number of fused-ring (bicyclic) bond motifs is 3. The van der Waals surface area contributed by atoms with Gasteiger partial charge in [-0.3, -0.25) is 4.79 Å². The molecular formula is C23H24N4O2. The fourth-order valence-corrected chi connectivity index (χ4v) is 4.98. The van der Waals surface area contributed by atoms with Gasteiger partial charge in [-0.05, 0) is 48.7 Å². The van der Waals surface area contributed by atoms with Crippen LogP contribution in [0.1, 0.15) is 29.9 Å². The topological polar surface area (TPSA) is 68.6 Å².